The minimum atomic E-state index is -0.323. The Balaban J connectivity index is 1.54. The standard InChI is InChI=1S/C22H21Cl2N3O5/c1-10-18-20(32-9-25-18)14(21(28)26-10)6-27-4-3-12-15(23)5-13(17(24)16(12)22(27)29)19(30-2)11-7-31-8-11/h5,9,11,19H,3-4,6-8H2,1-2H3,(H,26,28). The summed E-state index contributed by atoms with van der Waals surface area (Å²) in [6.45, 7) is 3.34. The van der Waals surface area contributed by atoms with Gasteiger partial charge in [-0.25, -0.2) is 4.98 Å². The number of ether oxygens (including phenoxy) is 2. The highest BCUT2D eigenvalue weighted by molar-refractivity contribution is 6.37. The number of halogens is 2. The summed E-state index contributed by atoms with van der Waals surface area (Å²) in [7, 11) is 1.60. The zero-order valence-electron chi connectivity index (χ0n) is 17.5. The highest BCUT2D eigenvalue weighted by Gasteiger charge is 2.36. The first-order valence-corrected chi connectivity index (χ1v) is 11.0. The zero-order chi connectivity index (χ0) is 22.6. The second-order valence-corrected chi connectivity index (χ2v) is 8.92. The Bertz CT molecular complexity index is 1280. The lowest BCUT2D eigenvalue weighted by Crippen LogP contribution is -2.39. The Morgan fingerprint density at radius 1 is 1.34 bits per heavy atom. The van der Waals surface area contributed by atoms with E-state index in [2.05, 4.69) is 9.97 Å². The molecule has 1 fully saturated rings. The molecule has 5 rings (SSSR count). The molecule has 3 aromatic rings. The van der Waals surface area contributed by atoms with Gasteiger partial charge in [0.25, 0.3) is 11.5 Å². The van der Waals surface area contributed by atoms with Gasteiger partial charge in [0.15, 0.2) is 12.0 Å². The van der Waals surface area contributed by atoms with Gasteiger partial charge in [0.2, 0.25) is 0 Å². The number of methoxy groups -OCH3 is 1. The molecule has 10 heteroatoms. The van der Waals surface area contributed by atoms with Crippen molar-refractivity contribution in [2.24, 2.45) is 5.92 Å². The van der Waals surface area contributed by atoms with Gasteiger partial charge >= 0.3 is 0 Å². The molecule has 0 bridgehead atoms. The number of hydrogen-bond donors (Lipinski definition) is 1. The summed E-state index contributed by atoms with van der Waals surface area (Å²) in [5.41, 5.74) is 3.34. The lowest BCUT2D eigenvalue weighted by Gasteiger charge is -2.35. The van der Waals surface area contributed by atoms with Crippen molar-refractivity contribution in [3.8, 4) is 0 Å². The van der Waals surface area contributed by atoms with E-state index in [1.165, 1.54) is 6.39 Å². The average Bonchev–Trinajstić information content (AvgIpc) is 3.22. The largest absolute Gasteiger partial charge is 0.443 e. The van der Waals surface area contributed by atoms with E-state index < -0.39 is 0 Å². The molecule has 168 valence electrons. The lowest BCUT2D eigenvalue weighted by molar-refractivity contribution is -0.105. The van der Waals surface area contributed by atoms with Crippen LogP contribution in [0.3, 0.4) is 0 Å². The molecule has 32 heavy (non-hydrogen) atoms. The number of oxazole rings is 1. The minimum absolute atomic E-state index is 0.0714. The highest BCUT2D eigenvalue weighted by Crippen LogP contribution is 2.42. The molecule has 8 nitrogen and oxygen atoms in total. The van der Waals surface area contributed by atoms with Gasteiger partial charge in [-0.2, -0.15) is 0 Å². The number of pyridine rings is 1. The molecule has 0 aliphatic carbocycles. The van der Waals surface area contributed by atoms with Crippen LogP contribution in [0.4, 0.5) is 0 Å². The normalized spacial score (nSPS) is 17.5. The van der Waals surface area contributed by atoms with Gasteiger partial charge in [-0.3, -0.25) is 9.59 Å². The summed E-state index contributed by atoms with van der Waals surface area (Å²) in [5, 5.41) is 0.820. The van der Waals surface area contributed by atoms with Crippen LogP contribution < -0.4 is 5.56 Å². The lowest BCUT2D eigenvalue weighted by atomic mass is 9.89. The molecule has 2 aromatic heterocycles. The number of benzene rings is 1. The van der Waals surface area contributed by atoms with Gasteiger partial charge in [-0.05, 0) is 25.0 Å². The Morgan fingerprint density at radius 2 is 2.12 bits per heavy atom. The van der Waals surface area contributed by atoms with Crippen LogP contribution >= 0.6 is 23.2 Å². The fraction of sp³-hybridized carbons (Fsp3) is 0.409. The maximum atomic E-state index is 13.5. The summed E-state index contributed by atoms with van der Waals surface area (Å²) in [5.74, 6) is -0.139. The van der Waals surface area contributed by atoms with E-state index in [-0.39, 0.29) is 30.0 Å². The van der Waals surface area contributed by atoms with E-state index in [4.69, 9.17) is 37.1 Å². The molecular formula is C22H21Cl2N3O5. The zero-order valence-corrected chi connectivity index (χ0v) is 19.0. The molecule has 1 amide bonds. The quantitative estimate of drug-likeness (QED) is 0.601. The van der Waals surface area contributed by atoms with Crippen molar-refractivity contribution in [2.45, 2.75) is 26.0 Å². The average molecular weight is 478 g/mol. The third-order valence-electron chi connectivity index (χ3n) is 6.25. The van der Waals surface area contributed by atoms with E-state index in [9.17, 15) is 9.59 Å². The summed E-state index contributed by atoms with van der Waals surface area (Å²) in [6.07, 6.45) is 1.49. The Morgan fingerprint density at radius 3 is 2.81 bits per heavy atom. The predicted molar refractivity (Wildman–Crippen MR) is 118 cm³/mol. The first kappa shape index (κ1) is 21.5. The Hall–Kier alpha value is -2.39. The van der Waals surface area contributed by atoms with Gasteiger partial charge in [-0.15, -0.1) is 0 Å². The molecule has 0 saturated carbocycles. The van der Waals surface area contributed by atoms with Crippen molar-refractivity contribution in [3.05, 3.63) is 60.8 Å². The molecule has 1 atom stereocenters. The number of carbonyl (C=O) groups is 1. The summed E-state index contributed by atoms with van der Waals surface area (Å²) in [6, 6.07) is 1.79. The molecule has 0 radical (unpaired) electrons. The number of amides is 1. The van der Waals surface area contributed by atoms with Gasteiger partial charge in [0, 0.05) is 35.9 Å². The fourth-order valence-corrected chi connectivity index (χ4v) is 5.15. The van der Waals surface area contributed by atoms with Crippen molar-refractivity contribution in [2.75, 3.05) is 26.9 Å². The SMILES string of the molecule is COC(c1cc(Cl)c2c(c1Cl)C(=O)N(Cc1c(=O)[nH]c(C)c3ncoc13)CC2)C1COC1. The van der Waals surface area contributed by atoms with Crippen LogP contribution in [0.2, 0.25) is 10.0 Å². The van der Waals surface area contributed by atoms with Crippen LogP contribution in [0.15, 0.2) is 21.7 Å². The Labute approximate surface area is 193 Å². The molecule has 2 aliphatic rings. The van der Waals surface area contributed by atoms with Crippen LogP contribution in [0.1, 0.15) is 38.8 Å². The Kier molecular flexibility index (Phi) is 5.49. The predicted octanol–water partition coefficient (Wildman–Crippen LogP) is 3.66. The number of nitrogens with one attached hydrogen (secondary N) is 1. The summed E-state index contributed by atoms with van der Waals surface area (Å²) >= 11 is 13.3. The minimum Gasteiger partial charge on any atom is -0.443 e. The molecule has 0 spiro atoms. The van der Waals surface area contributed by atoms with Gasteiger partial charge in [0.05, 0.1) is 42.0 Å². The topological polar surface area (TPSA) is 97.7 Å². The van der Waals surface area contributed by atoms with Crippen LogP contribution in [-0.4, -0.2) is 47.6 Å². The van der Waals surface area contributed by atoms with E-state index in [1.54, 1.807) is 25.0 Å². The number of fused-ring (bicyclic) bond motifs is 2. The second-order valence-electron chi connectivity index (χ2n) is 8.13. The second kappa shape index (κ2) is 8.19. The molecule has 2 aliphatic heterocycles. The molecule has 1 saturated heterocycles. The molecular weight excluding hydrogens is 457 g/mol. The number of aromatic amines is 1. The van der Waals surface area contributed by atoms with E-state index in [0.29, 0.717) is 75.3 Å². The van der Waals surface area contributed by atoms with Gasteiger partial charge in [0.1, 0.15) is 5.52 Å². The van der Waals surface area contributed by atoms with Crippen LogP contribution in [0, 0.1) is 12.8 Å². The number of nitrogens with zero attached hydrogens (tertiary/aromatic N) is 2. The van der Waals surface area contributed by atoms with E-state index >= 15 is 0 Å². The van der Waals surface area contributed by atoms with Gasteiger partial charge < -0.3 is 23.8 Å². The summed E-state index contributed by atoms with van der Waals surface area (Å²) in [4.78, 5) is 34.7. The van der Waals surface area contributed by atoms with Crippen LogP contribution in [0.5, 0.6) is 0 Å². The van der Waals surface area contributed by atoms with Crippen molar-refractivity contribution in [3.63, 3.8) is 0 Å². The third kappa shape index (κ3) is 3.33. The summed E-state index contributed by atoms with van der Waals surface area (Å²) < 4.78 is 16.4. The number of aryl methyl sites for hydroxylation is 1. The maximum Gasteiger partial charge on any atom is 0.257 e. The van der Waals surface area contributed by atoms with Crippen molar-refractivity contribution in [1.29, 1.82) is 0 Å². The maximum absolute atomic E-state index is 13.5. The molecule has 1 aromatic carbocycles. The smallest absolute Gasteiger partial charge is 0.257 e. The highest BCUT2D eigenvalue weighted by atomic mass is 35.5. The molecule has 4 heterocycles. The van der Waals surface area contributed by atoms with E-state index in [0.717, 1.165) is 0 Å². The first-order valence-electron chi connectivity index (χ1n) is 10.3. The molecule has 1 unspecified atom stereocenters. The monoisotopic (exact) mass is 477 g/mol. The third-order valence-corrected chi connectivity index (χ3v) is 7.00. The van der Waals surface area contributed by atoms with Crippen molar-refractivity contribution >= 4 is 40.2 Å². The van der Waals surface area contributed by atoms with Crippen LogP contribution in [-0.2, 0) is 22.4 Å². The number of hydrogen-bond acceptors (Lipinski definition) is 6. The van der Waals surface area contributed by atoms with E-state index in [1.807, 2.05) is 0 Å². The fourth-order valence-electron chi connectivity index (χ4n) is 4.49. The molecule has 1 N–H and O–H groups in total. The first-order chi connectivity index (χ1) is 15.4. The van der Waals surface area contributed by atoms with Gasteiger partial charge in [-0.1, -0.05) is 23.2 Å². The van der Waals surface area contributed by atoms with Crippen molar-refractivity contribution < 1.29 is 18.7 Å². The number of carbonyl (C=O) groups excluding carboxylic acids is 1. The van der Waals surface area contributed by atoms with Crippen LogP contribution in [0.25, 0.3) is 11.1 Å². The number of H-pyrrole nitrogens is 1. The van der Waals surface area contributed by atoms with Crippen molar-refractivity contribution in [1.82, 2.24) is 14.9 Å². The number of rotatable bonds is 5. The number of aromatic nitrogens is 2.